The van der Waals surface area contributed by atoms with Gasteiger partial charge < -0.3 is 15.5 Å². The van der Waals surface area contributed by atoms with Gasteiger partial charge in [-0.25, -0.2) is 9.97 Å². The van der Waals surface area contributed by atoms with E-state index in [1.807, 2.05) is 41.7 Å². The number of aromatic nitrogens is 2. The summed E-state index contributed by atoms with van der Waals surface area (Å²) in [6.07, 6.45) is 0. The Balaban J connectivity index is 2.93. The van der Waals surface area contributed by atoms with Crippen molar-refractivity contribution in [1.82, 2.24) is 14.9 Å². The normalized spacial score (nSPS) is 11.9. The van der Waals surface area contributed by atoms with Gasteiger partial charge in [0, 0.05) is 25.7 Å². The molecule has 0 fully saturated rings. The van der Waals surface area contributed by atoms with E-state index in [0.717, 1.165) is 11.4 Å². The molecule has 1 atom stereocenters. The van der Waals surface area contributed by atoms with Gasteiger partial charge in [0.1, 0.15) is 23.5 Å². The van der Waals surface area contributed by atoms with E-state index in [1.165, 1.54) is 0 Å². The summed E-state index contributed by atoms with van der Waals surface area (Å²) in [4.78, 5) is 22.8. The molecule has 0 spiro atoms. The van der Waals surface area contributed by atoms with E-state index in [2.05, 4.69) is 20.6 Å². The second kappa shape index (κ2) is 7.07. The summed E-state index contributed by atoms with van der Waals surface area (Å²) in [6, 6.07) is -0.312. The summed E-state index contributed by atoms with van der Waals surface area (Å²) < 4.78 is 0. The van der Waals surface area contributed by atoms with E-state index in [0.29, 0.717) is 24.7 Å². The molecule has 1 aromatic rings. The van der Waals surface area contributed by atoms with Crippen molar-refractivity contribution in [1.29, 1.82) is 0 Å². The average Bonchev–Trinajstić information content (AvgIpc) is 2.43. The molecule has 112 valence electrons. The Hall–Kier alpha value is -1.85. The van der Waals surface area contributed by atoms with Crippen molar-refractivity contribution in [3.8, 4) is 0 Å². The van der Waals surface area contributed by atoms with Crippen molar-refractivity contribution >= 4 is 17.5 Å². The predicted octanol–water partition coefficient (Wildman–Crippen LogP) is 1.80. The highest BCUT2D eigenvalue weighted by Crippen LogP contribution is 2.20. The minimum absolute atomic E-state index is 0.0803. The molecular weight excluding hydrogens is 254 g/mol. The Morgan fingerprint density at radius 1 is 1.20 bits per heavy atom. The van der Waals surface area contributed by atoms with Crippen LogP contribution < -0.4 is 10.6 Å². The Kier molecular flexibility index (Phi) is 5.73. The van der Waals surface area contributed by atoms with Gasteiger partial charge in [-0.1, -0.05) is 0 Å². The first-order chi connectivity index (χ1) is 9.44. The monoisotopic (exact) mass is 279 g/mol. The highest BCUT2D eigenvalue weighted by atomic mass is 16.2. The third kappa shape index (κ3) is 3.59. The van der Waals surface area contributed by atoms with Gasteiger partial charge in [0.05, 0.1) is 0 Å². The number of nitrogens with zero attached hydrogens (tertiary/aromatic N) is 3. The maximum atomic E-state index is 12.3. The number of carbonyl (C=O) groups excluding carboxylic acids is 1. The predicted molar refractivity (Wildman–Crippen MR) is 82.1 cm³/mol. The molecular formula is C14H25N5O. The molecule has 0 aliphatic heterocycles. The molecule has 0 aromatic carbocycles. The first kappa shape index (κ1) is 16.2. The standard InChI is InChI=1S/C14H25N5O/c1-7-19(8-2)14(20)10(4)16-13-9(3)12(15-6)17-11(5)18-13/h10H,7-8H2,1-6H3,(H2,15,16,17,18). The first-order valence-corrected chi connectivity index (χ1v) is 7.02. The second-order valence-electron chi connectivity index (χ2n) is 4.72. The van der Waals surface area contributed by atoms with Gasteiger partial charge >= 0.3 is 0 Å². The third-order valence-corrected chi connectivity index (χ3v) is 3.29. The molecule has 0 radical (unpaired) electrons. The van der Waals surface area contributed by atoms with Gasteiger partial charge in [0.25, 0.3) is 0 Å². The molecule has 0 bridgehead atoms. The largest absolute Gasteiger partial charge is 0.373 e. The smallest absolute Gasteiger partial charge is 0.244 e. The quantitative estimate of drug-likeness (QED) is 0.831. The highest BCUT2D eigenvalue weighted by molar-refractivity contribution is 5.84. The molecule has 0 aliphatic rings. The van der Waals surface area contributed by atoms with Gasteiger partial charge in [0.2, 0.25) is 5.91 Å². The van der Waals surface area contributed by atoms with Crippen LogP contribution in [0.1, 0.15) is 32.2 Å². The van der Waals surface area contributed by atoms with Gasteiger partial charge in [0.15, 0.2) is 0 Å². The zero-order valence-electron chi connectivity index (χ0n) is 13.2. The zero-order valence-corrected chi connectivity index (χ0v) is 13.2. The van der Waals surface area contributed by atoms with Crippen LogP contribution in [0.3, 0.4) is 0 Å². The first-order valence-electron chi connectivity index (χ1n) is 7.02. The summed E-state index contributed by atoms with van der Waals surface area (Å²) in [7, 11) is 1.82. The lowest BCUT2D eigenvalue weighted by atomic mass is 10.2. The molecule has 0 saturated carbocycles. The fourth-order valence-corrected chi connectivity index (χ4v) is 2.09. The minimum Gasteiger partial charge on any atom is -0.373 e. The van der Waals surface area contributed by atoms with Crippen LogP contribution in [-0.2, 0) is 4.79 Å². The third-order valence-electron chi connectivity index (χ3n) is 3.29. The Morgan fingerprint density at radius 2 is 1.75 bits per heavy atom. The molecule has 1 heterocycles. The Labute approximate surface area is 121 Å². The van der Waals surface area contributed by atoms with Crippen LogP contribution in [0.2, 0.25) is 0 Å². The minimum atomic E-state index is -0.312. The molecule has 2 N–H and O–H groups in total. The van der Waals surface area contributed by atoms with E-state index < -0.39 is 0 Å². The Bertz CT molecular complexity index is 471. The van der Waals surface area contributed by atoms with Crippen LogP contribution in [0.4, 0.5) is 11.6 Å². The summed E-state index contributed by atoms with van der Waals surface area (Å²) in [5, 5.41) is 6.23. The van der Waals surface area contributed by atoms with E-state index in [-0.39, 0.29) is 11.9 Å². The molecule has 6 nitrogen and oxygen atoms in total. The number of anilines is 2. The van der Waals surface area contributed by atoms with E-state index >= 15 is 0 Å². The van der Waals surface area contributed by atoms with Gasteiger partial charge in [-0.15, -0.1) is 0 Å². The van der Waals surface area contributed by atoms with E-state index in [4.69, 9.17) is 0 Å². The maximum absolute atomic E-state index is 12.3. The molecule has 20 heavy (non-hydrogen) atoms. The number of nitrogens with one attached hydrogen (secondary N) is 2. The topological polar surface area (TPSA) is 70.2 Å². The molecule has 1 aromatic heterocycles. The van der Waals surface area contributed by atoms with Crippen LogP contribution >= 0.6 is 0 Å². The van der Waals surface area contributed by atoms with Crippen molar-refractivity contribution in [2.75, 3.05) is 30.8 Å². The molecule has 1 amide bonds. The fourth-order valence-electron chi connectivity index (χ4n) is 2.09. The van der Waals surface area contributed by atoms with Crippen LogP contribution in [-0.4, -0.2) is 47.0 Å². The lowest BCUT2D eigenvalue weighted by Gasteiger charge is -2.24. The lowest BCUT2D eigenvalue weighted by Crippen LogP contribution is -2.41. The van der Waals surface area contributed by atoms with Crippen LogP contribution in [0.5, 0.6) is 0 Å². The van der Waals surface area contributed by atoms with Crippen LogP contribution in [0.25, 0.3) is 0 Å². The summed E-state index contributed by atoms with van der Waals surface area (Å²) >= 11 is 0. The average molecular weight is 279 g/mol. The summed E-state index contributed by atoms with van der Waals surface area (Å²) in [6.45, 7) is 11.0. The van der Waals surface area contributed by atoms with Gasteiger partial charge in [-0.05, 0) is 34.6 Å². The van der Waals surface area contributed by atoms with E-state index in [9.17, 15) is 4.79 Å². The lowest BCUT2D eigenvalue weighted by molar-refractivity contribution is -0.131. The summed E-state index contributed by atoms with van der Waals surface area (Å²) in [5.74, 6) is 2.24. The summed E-state index contributed by atoms with van der Waals surface area (Å²) in [5.41, 5.74) is 0.914. The molecule has 0 aliphatic carbocycles. The van der Waals surface area contributed by atoms with Crippen LogP contribution in [0, 0.1) is 13.8 Å². The highest BCUT2D eigenvalue weighted by Gasteiger charge is 2.19. The molecule has 6 heteroatoms. The SMILES string of the molecule is CCN(CC)C(=O)C(C)Nc1nc(C)nc(NC)c1C. The van der Waals surface area contributed by atoms with Gasteiger partial charge in [-0.2, -0.15) is 0 Å². The number of carbonyl (C=O) groups is 1. The number of hydrogen-bond donors (Lipinski definition) is 2. The number of aryl methyl sites for hydroxylation is 1. The molecule has 1 rings (SSSR count). The van der Waals surface area contributed by atoms with Crippen LogP contribution in [0.15, 0.2) is 0 Å². The number of rotatable bonds is 6. The van der Waals surface area contributed by atoms with Gasteiger partial charge in [-0.3, -0.25) is 4.79 Å². The van der Waals surface area contributed by atoms with Crippen molar-refractivity contribution in [3.05, 3.63) is 11.4 Å². The Morgan fingerprint density at radius 3 is 2.25 bits per heavy atom. The van der Waals surface area contributed by atoms with E-state index in [1.54, 1.807) is 4.90 Å². The number of amides is 1. The van der Waals surface area contributed by atoms with Crippen molar-refractivity contribution in [2.45, 2.75) is 40.7 Å². The number of hydrogen-bond acceptors (Lipinski definition) is 5. The zero-order chi connectivity index (χ0) is 15.3. The maximum Gasteiger partial charge on any atom is 0.244 e. The van der Waals surface area contributed by atoms with Crippen molar-refractivity contribution in [2.24, 2.45) is 0 Å². The fraction of sp³-hybridized carbons (Fsp3) is 0.643. The van der Waals surface area contributed by atoms with Crippen molar-refractivity contribution < 1.29 is 4.79 Å². The molecule has 0 saturated heterocycles. The van der Waals surface area contributed by atoms with Crippen molar-refractivity contribution in [3.63, 3.8) is 0 Å². The second-order valence-corrected chi connectivity index (χ2v) is 4.72. The molecule has 1 unspecified atom stereocenters. The number of likely N-dealkylation sites (N-methyl/N-ethyl adjacent to an activating group) is 1.